The van der Waals surface area contributed by atoms with E-state index in [0.717, 1.165) is 23.3 Å². The van der Waals surface area contributed by atoms with E-state index in [-0.39, 0.29) is 30.8 Å². The normalized spacial score (nSPS) is 17.1. The Kier molecular flexibility index (Phi) is 6.53. The minimum Gasteiger partial charge on any atom is -0.489 e. The molecule has 1 N–H and O–H groups in total. The lowest BCUT2D eigenvalue weighted by Gasteiger charge is -2.18. The van der Waals surface area contributed by atoms with Crippen LogP contribution in [-0.2, 0) is 16.1 Å². The first-order valence-electron chi connectivity index (χ1n) is 9.50. The molecular formula is C22H26N2O4. The van der Waals surface area contributed by atoms with Gasteiger partial charge in [-0.3, -0.25) is 4.79 Å². The molecule has 0 saturated carbocycles. The second-order valence-corrected chi connectivity index (χ2v) is 7.01. The van der Waals surface area contributed by atoms with Crippen LogP contribution in [0.3, 0.4) is 0 Å². The van der Waals surface area contributed by atoms with E-state index in [2.05, 4.69) is 5.32 Å². The highest BCUT2D eigenvalue weighted by Gasteiger charge is 2.28. The molecule has 1 fully saturated rings. The van der Waals surface area contributed by atoms with Gasteiger partial charge in [-0.05, 0) is 30.2 Å². The van der Waals surface area contributed by atoms with Gasteiger partial charge in [0.25, 0.3) is 0 Å². The van der Waals surface area contributed by atoms with Crippen molar-refractivity contribution < 1.29 is 19.1 Å². The monoisotopic (exact) mass is 382 g/mol. The summed E-state index contributed by atoms with van der Waals surface area (Å²) in [4.78, 5) is 25.1. The summed E-state index contributed by atoms with van der Waals surface area (Å²) in [5.74, 6) is 0.696. The predicted octanol–water partition coefficient (Wildman–Crippen LogP) is 3.67. The molecule has 1 aliphatic rings. The summed E-state index contributed by atoms with van der Waals surface area (Å²) in [5.41, 5.74) is 1.98. The first kappa shape index (κ1) is 19.7. The van der Waals surface area contributed by atoms with Gasteiger partial charge in [-0.15, -0.1) is 0 Å². The Morgan fingerprint density at radius 3 is 2.54 bits per heavy atom. The number of hydrogen-bond donors (Lipinski definition) is 1. The fraction of sp³-hybridized carbons (Fsp3) is 0.364. The molecule has 6 nitrogen and oxygen atoms in total. The van der Waals surface area contributed by atoms with Crippen LogP contribution in [0.2, 0.25) is 0 Å². The molecule has 6 heteroatoms. The van der Waals surface area contributed by atoms with Crippen LogP contribution >= 0.6 is 0 Å². The molecule has 148 valence electrons. The predicted molar refractivity (Wildman–Crippen MR) is 106 cm³/mol. The fourth-order valence-corrected chi connectivity index (χ4v) is 3.22. The number of carbonyl (C=O) groups excluding carboxylic acids is 2. The summed E-state index contributed by atoms with van der Waals surface area (Å²) in [7, 11) is 0. The molecule has 2 aromatic carbocycles. The highest BCUT2D eigenvalue weighted by molar-refractivity contribution is 5.73. The number of nitrogens with one attached hydrogen (secondary N) is 1. The number of carbonyl (C=O) groups is 2. The van der Waals surface area contributed by atoms with Gasteiger partial charge in [-0.2, -0.15) is 0 Å². The van der Waals surface area contributed by atoms with Crippen molar-refractivity contribution >= 4 is 12.0 Å². The molecule has 28 heavy (non-hydrogen) atoms. The Labute approximate surface area is 165 Å². The van der Waals surface area contributed by atoms with Crippen molar-refractivity contribution in [2.75, 3.05) is 13.1 Å². The van der Waals surface area contributed by atoms with Gasteiger partial charge < -0.3 is 19.7 Å². The van der Waals surface area contributed by atoms with Crippen molar-refractivity contribution in [1.29, 1.82) is 0 Å². The molecule has 3 rings (SSSR count). The third-order valence-corrected chi connectivity index (χ3v) is 4.71. The number of rotatable bonds is 6. The lowest BCUT2D eigenvalue weighted by molar-refractivity contribution is -0.119. The second kappa shape index (κ2) is 9.26. The van der Waals surface area contributed by atoms with Gasteiger partial charge in [0.05, 0.1) is 12.6 Å². The smallest absolute Gasteiger partial charge is 0.410 e. The first-order chi connectivity index (χ1) is 13.5. The molecule has 2 atom stereocenters. The summed E-state index contributed by atoms with van der Waals surface area (Å²) in [6, 6.07) is 17.3. The zero-order valence-electron chi connectivity index (χ0n) is 16.3. The van der Waals surface area contributed by atoms with Gasteiger partial charge in [0.15, 0.2) is 0 Å². The maximum Gasteiger partial charge on any atom is 0.410 e. The van der Waals surface area contributed by atoms with Crippen LogP contribution in [0.1, 0.15) is 37.4 Å². The van der Waals surface area contributed by atoms with E-state index in [4.69, 9.17) is 9.47 Å². The van der Waals surface area contributed by atoms with Crippen molar-refractivity contribution in [2.45, 2.75) is 39.0 Å². The number of ether oxygens (including phenoxy) is 2. The van der Waals surface area contributed by atoms with Crippen molar-refractivity contribution in [3.8, 4) is 5.75 Å². The van der Waals surface area contributed by atoms with E-state index >= 15 is 0 Å². The third-order valence-electron chi connectivity index (χ3n) is 4.71. The summed E-state index contributed by atoms with van der Waals surface area (Å²) >= 11 is 0. The quantitative estimate of drug-likeness (QED) is 0.828. The van der Waals surface area contributed by atoms with Gasteiger partial charge in [0.1, 0.15) is 18.5 Å². The van der Waals surface area contributed by atoms with E-state index in [0.29, 0.717) is 13.1 Å². The molecule has 0 unspecified atom stereocenters. The van der Waals surface area contributed by atoms with Gasteiger partial charge in [0, 0.05) is 19.9 Å². The Morgan fingerprint density at radius 2 is 1.86 bits per heavy atom. The average Bonchev–Trinajstić information content (AvgIpc) is 3.15. The molecule has 2 amide bonds. The first-order valence-corrected chi connectivity index (χ1v) is 9.50. The average molecular weight is 382 g/mol. The van der Waals surface area contributed by atoms with E-state index in [1.54, 1.807) is 4.90 Å². The number of amides is 2. The number of likely N-dealkylation sites (tertiary alicyclic amines) is 1. The summed E-state index contributed by atoms with van der Waals surface area (Å²) in [6.07, 6.45) is 0.405. The third kappa shape index (κ3) is 5.49. The zero-order chi connectivity index (χ0) is 19.9. The van der Waals surface area contributed by atoms with Crippen molar-refractivity contribution in [1.82, 2.24) is 10.2 Å². The summed E-state index contributed by atoms with van der Waals surface area (Å²) in [6.45, 7) is 4.85. The van der Waals surface area contributed by atoms with Crippen LogP contribution in [0.4, 0.5) is 4.79 Å². The maximum atomic E-state index is 12.2. The van der Waals surface area contributed by atoms with Crippen LogP contribution in [0.25, 0.3) is 0 Å². The molecule has 0 bridgehead atoms. The molecule has 0 aromatic heterocycles. The lowest BCUT2D eigenvalue weighted by atomic mass is 10.1. The van der Waals surface area contributed by atoms with E-state index in [9.17, 15) is 9.59 Å². The van der Waals surface area contributed by atoms with Crippen molar-refractivity contribution in [2.24, 2.45) is 0 Å². The molecule has 0 radical (unpaired) electrons. The molecule has 1 saturated heterocycles. The molecule has 1 aliphatic heterocycles. The molecule has 1 heterocycles. The zero-order valence-corrected chi connectivity index (χ0v) is 16.3. The summed E-state index contributed by atoms with van der Waals surface area (Å²) in [5, 5.41) is 2.86. The molecule has 2 aromatic rings. The van der Waals surface area contributed by atoms with Crippen molar-refractivity contribution in [3.05, 3.63) is 65.7 Å². The van der Waals surface area contributed by atoms with Gasteiger partial charge in [-0.1, -0.05) is 42.5 Å². The molecule has 0 spiro atoms. The molecule has 0 aliphatic carbocycles. The van der Waals surface area contributed by atoms with Crippen LogP contribution in [0, 0.1) is 0 Å². The topological polar surface area (TPSA) is 67.9 Å². The summed E-state index contributed by atoms with van der Waals surface area (Å²) < 4.78 is 11.4. The van der Waals surface area contributed by atoms with Crippen LogP contribution in [0.15, 0.2) is 54.6 Å². The van der Waals surface area contributed by atoms with E-state index in [1.165, 1.54) is 6.92 Å². The standard InChI is InChI=1S/C22H26N2O4/c1-16(23-17(2)25)19-8-10-20(11-9-19)28-21-12-13-24(14-21)22(26)27-15-18-6-4-3-5-7-18/h3-11,16,21H,12-15H2,1-2H3,(H,23,25)/t16-,21-/m0/s1. The van der Waals surface area contributed by atoms with Gasteiger partial charge in [-0.25, -0.2) is 4.79 Å². The maximum absolute atomic E-state index is 12.2. The largest absolute Gasteiger partial charge is 0.489 e. The van der Waals surface area contributed by atoms with Crippen LogP contribution < -0.4 is 10.1 Å². The minimum atomic E-state index is -0.311. The number of benzene rings is 2. The lowest BCUT2D eigenvalue weighted by Crippen LogP contribution is -2.31. The highest BCUT2D eigenvalue weighted by atomic mass is 16.6. The van der Waals surface area contributed by atoms with Gasteiger partial charge >= 0.3 is 6.09 Å². The Balaban J connectivity index is 1.46. The fourth-order valence-electron chi connectivity index (χ4n) is 3.22. The van der Waals surface area contributed by atoms with Gasteiger partial charge in [0.2, 0.25) is 5.91 Å². The Hall–Kier alpha value is -3.02. The number of hydrogen-bond acceptors (Lipinski definition) is 4. The Morgan fingerprint density at radius 1 is 1.14 bits per heavy atom. The molecular weight excluding hydrogens is 356 g/mol. The highest BCUT2D eigenvalue weighted by Crippen LogP contribution is 2.22. The number of nitrogens with zero attached hydrogens (tertiary/aromatic N) is 1. The minimum absolute atomic E-state index is 0.0482. The SMILES string of the molecule is CC(=O)N[C@@H](C)c1ccc(O[C@H]2CCN(C(=O)OCc3ccccc3)C2)cc1. The van der Waals surface area contributed by atoms with Crippen molar-refractivity contribution in [3.63, 3.8) is 0 Å². The van der Waals surface area contributed by atoms with Crippen LogP contribution in [-0.4, -0.2) is 36.1 Å². The van der Waals surface area contributed by atoms with Crippen LogP contribution in [0.5, 0.6) is 5.75 Å². The second-order valence-electron chi connectivity index (χ2n) is 7.01. The van der Waals surface area contributed by atoms with E-state index < -0.39 is 0 Å². The van der Waals surface area contributed by atoms with E-state index in [1.807, 2.05) is 61.5 Å². The Bertz CT molecular complexity index is 792.